The van der Waals surface area contributed by atoms with Gasteiger partial charge in [0.2, 0.25) is 0 Å². The van der Waals surface area contributed by atoms with Gasteiger partial charge in [-0.1, -0.05) is 27.7 Å². The second kappa shape index (κ2) is 5.94. The molecule has 2 aliphatic rings. The quantitative estimate of drug-likeness (QED) is 0.772. The van der Waals surface area contributed by atoms with Crippen LogP contribution in [0, 0.1) is 23.2 Å². The average molecular weight is 251 g/mol. The molecule has 2 atom stereocenters. The van der Waals surface area contributed by atoms with E-state index >= 15 is 0 Å². The molecule has 1 heteroatoms. The lowest BCUT2D eigenvalue weighted by molar-refractivity contribution is 0.147. The van der Waals surface area contributed by atoms with Crippen LogP contribution in [0.4, 0.5) is 0 Å². The lowest BCUT2D eigenvalue weighted by Crippen LogP contribution is -2.34. The maximum Gasteiger partial charge on any atom is 0.00698 e. The van der Waals surface area contributed by atoms with Crippen LogP contribution in [0.3, 0.4) is 0 Å². The predicted molar refractivity (Wildman–Crippen MR) is 79.7 cm³/mol. The highest BCUT2D eigenvalue weighted by Gasteiger charge is 2.30. The molecule has 106 valence electrons. The molecule has 2 unspecified atom stereocenters. The lowest BCUT2D eigenvalue weighted by atomic mass is 9.70. The van der Waals surface area contributed by atoms with E-state index in [9.17, 15) is 0 Å². The van der Waals surface area contributed by atoms with Crippen LogP contribution in [0.1, 0.15) is 72.6 Å². The molecule has 1 N–H and O–H groups in total. The van der Waals surface area contributed by atoms with E-state index in [2.05, 4.69) is 33.0 Å². The summed E-state index contributed by atoms with van der Waals surface area (Å²) < 4.78 is 0. The number of hydrogen-bond acceptors (Lipinski definition) is 1. The van der Waals surface area contributed by atoms with E-state index in [4.69, 9.17) is 0 Å². The summed E-state index contributed by atoms with van der Waals surface area (Å²) in [5, 5.41) is 3.84. The van der Waals surface area contributed by atoms with Crippen LogP contribution in [0.25, 0.3) is 0 Å². The van der Waals surface area contributed by atoms with Gasteiger partial charge in [0, 0.05) is 6.04 Å². The predicted octanol–water partition coefficient (Wildman–Crippen LogP) is 4.62. The third kappa shape index (κ3) is 3.98. The molecule has 2 rings (SSSR count). The van der Waals surface area contributed by atoms with Crippen LogP contribution in [0.5, 0.6) is 0 Å². The van der Waals surface area contributed by atoms with Gasteiger partial charge in [-0.15, -0.1) is 0 Å². The van der Waals surface area contributed by atoms with E-state index < -0.39 is 0 Å². The van der Waals surface area contributed by atoms with Crippen LogP contribution in [0.15, 0.2) is 0 Å². The Morgan fingerprint density at radius 3 is 2.11 bits per heavy atom. The van der Waals surface area contributed by atoms with Gasteiger partial charge in [-0.05, 0) is 74.7 Å². The van der Waals surface area contributed by atoms with Gasteiger partial charge in [-0.25, -0.2) is 0 Å². The van der Waals surface area contributed by atoms with E-state index in [0.29, 0.717) is 5.41 Å². The second-order valence-corrected chi connectivity index (χ2v) is 8.11. The smallest absolute Gasteiger partial charge is 0.00698 e. The molecule has 0 spiro atoms. The molecule has 2 aliphatic carbocycles. The highest BCUT2D eigenvalue weighted by Crippen LogP contribution is 2.39. The summed E-state index contributed by atoms with van der Waals surface area (Å²) in [6.45, 7) is 10.9. The van der Waals surface area contributed by atoms with Gasteiger partial charge >= 0.3 is 0 Å². The van der Waals surface area contributed by atoms with Crippen molar-refractivity contribution in [1.29, 1.82) is 0 Å². The fourth-order valence-corrected chi connectivity index (χ4v) is 3.96. The molecule has 0 saturated heterocycles. The molecule has 0 aliphatic heterocycles. The maximum atomic E-state index is 3.84. The number of rotatable bonds is 3. The topological polar surface area (TPSA) is 12.0 Å². The molecule has 18 heavy (non-hydrogen) atoms. The zero-order valence-electron chi connectivity index (χ0n) is 13.0. The molecule has 2 saturated carbocycles. The molecule has 0 aromatic carbocycles. The van der Waals surface area contributed by atoms with Crippen LogP contribution < -0.4 is 5.32 Å². The van der Waals surface area contributed by atoms with E-state index in [0.717, 1.165) is 23.8 Å². The maximum absolute atomic E-state index is 3.84. The van der Waals surface area contributed by atoms with Crippen molar-refractivity contribution < 1.29 is 0 Å². The normalized spacial score (nSPS) is 38.0. The Hall–Kier alpha value is -0.0400. The Morgan fingerprint density at radius 2 is 1.61 bits per heavy atom. The summed E-state index contributed by atoms with van der Waals surface area (Å²) in [7, 11) is 0. The van der Waals surface area contributed by atoms with Gasteiger partial charge in [0.25, 0.3) is 0 Å². The lowest BCUT2D eigenvalue weighted by Gasteiger charge is -2.37. The van der Waals surface area contributed by atoms with Gasteiger partial charge in [-0.3, -0.25) is 0 Å². The molecule has 0 amide bonds. The van der Waals surface area contributed by atoms with Crippen molar-refractivity contribution in [3.63, 3.8) is 0 Å². The van der Waals surface area contributed by atoms with Gasteiger partial charge < -0.3 is 5.32 Å². The number of nitrogens with one attached hydrogen (secondary N) is 1. The van der Waals surface area contributed by atoms with Crippen molar-refractivity contribution in [2.24, 2.45) is 23.2 Å². The zero-order chi connectivity index (χ0) is 13.2. The first-order valence-electron chi connectivity index (χ1n) is 8.18. The minimum atomic E-state index is 0.527. The molecule has 0 aromatic rings. The zero-order valence-corrected chi connectivity index (χ0v) is 13.0. The standard InChI is InChI=1S/C17H33N/c1-13-5-10-16(11-13)18-12-14-6-8-15(9-7-14)17(2,3)4/h13-16,18H,5-12H2,1-4H3. The molecular weight excluding hydrogens is 218 g/mol. The first kappa shape index (κ1) is 14.4. The third-order valence-corrected chi connectivity index (χ3v) is 5.46. The van der Waals surface area contributed by atoms with Crippen molar-refractivity contribution in [3.05, 3.63) is 0 Å². The van der Waals surface area contributed by atoms with Gasteiger partial charge in [0.05, 0.1) is 0 Å². The molecule has 0 bridgehead atoms. The van der Waals surface area contributed by atoms with Crippen LogP contribution in [-0.4, -0.2) is 12.6 Å². The van der Waals surface area contributed by atoms with Crippen LogP contribution >= 0.6 is 0 Å². The Labute approximate surface area is 114 Å². The molecule has 2 fully saturated rings. The summed E-state index contributed by atoms with van der Waals surface area (Å²) in [6, 6.07) is 0.834. The fraction of sp³-hybridized carbons (Fsp3) is 1.00. The SMILES string of the molecule is CC1CCC(NCC2CCC(C(C)(C)C)CC2)C1. The first-order chi connectivity index (χ1) is 8.45. The third-order valence-electron chi connectivity index (χ3n) is 5.46. The molecule has 0 aromatic heterocycles. The fourth-order valence-electron chi connectivity index (χ4n) is 3.96. The molecular formula is C17H33N. The van der Waals surface area contributed by atoms with Crippen molar-refractivity contribution >= 4 is 0 Å². The second-order valence-electron chi connectivity index (χ2n) is 8.11. The Morgan fingerprint density at radius 1 is 0.944 bits per heavy atom. The van der Waals surface area contributed by atoms with E-state index in [1.165, 1.54) is 51.5 Å². The summed E-state index contributed by atoms with van der Waals surface area (Å²) in [5.41, 5.74) is 0.527. The summed E-state index contributed by atoms with van der Waals surface area (Å²) in [4.78, 5) is 0. The Kier molecular flexibility index (Phi) is 4.75. The summed E-state index contributed by atoms with van der Waals surface area (Å²) in [5.74, 6) is 2.87. The van der Waals surface area contributed by atoms with Crippen LogP contribution in [-0.2, 0) is 0 Å². The van der Waals surface area contributed by atoms with E-state index in [1.54, 1.807) is 0 Å². The Balaban J connectivity index is 1.65. The van der Waals surface area contributed by atoms with Crippen LogP contribution in [0.2, 0.25) is 0 Å². The minimum Gasteiger partial charge on any atom is -0.314 e. The first-order valence-corrected chi connectivity index (χ1v) is 8.18. The molecule has 0 heterocycles. The summed E-state index contributed by atoms with van der Waals surface area (Å²) in [6.07, 6.45) is 10.1. The van der Waals surface area contributed by atoms with Gasteiger partial charge in [0.15, 0.2) is 0 Å². The highest BCUT2D eigenvalue weighted by atomic mass is 14.9. The van der Waals surface area contributed by atoms with Gasteiger partial charge in [-0.2, -0.15) is 0 Å². The van der Waals surface area contributed by atoms with E-state index in [1.807, 2.05) is 0 Å². The van der Waals surface area contributed by atoms with Crippen molar-refractivity contribution in [1.82, 2.24) is 5.32 Å². The van der Waals surface area contributed by atoms with Crippen molar-refractivity contribution in [3.8, 4) is 0 Å². The number of hydrogen-bond donors (Lipinski definition) is 1. The van der Waals surface area contributed by atoms with Crippen molar-refractivity contribution in [2.75, 3.05) is 6.54 Å². The largest absolute Gasteiger partial charge is 0.314 e. The molecule has 1 nitrogen and oxygen atoms in total. The van der Waals surface area contributed by atoms with Gasteiger partial charge in [0.1, 0.15) is 0 Å². The van der Waals surface area contributed by atoms with Crippen molar-refractivity contribution in [2.45, 2.75) is 78.7 Å². The minimum absolute atomic E-state index is 0.527. The van der Waals surface area contributed by atoms with E-state index in [-0.39, 0.29) is 0 Å². The summed E-state index contributed by atoms with van der Waals surface area (Å²) >= 11 is 0. The molecule has 0 radical (unpaired) electrons. The average Bonchev–Trinajstić information content (AvgIpc) is 2.72. The monoisotopic (exact) mass is 251 g/mol. The highest BCUT2D eigenvalue weighted by molar-refractivity contribution is 4.83. The Bertz CT molecular complexity index is 245.